The summed E-state index contributed by atoms with van der Waals surface area (Å²) < 4.78 is 34.6. The number of imidazole rings is 1. The van der Waals surface area contributed by atoms with Gasteiger partial charge in [0, 0.05) is 50.8 Å². The average molecular weight is 468 g/mol. The first-order valence-electron chi connectivity index (χ1n) is 11.1. The number of nitrogens with zero attached hydrogens (tertiary/aromatic N) is 7. The third-order valence-electron chi connectivity index (χ3n) is 6.56. The van der Waals surface area contributed by atoms with Crippen molar-refractivity contribution in [3.63, 3.8) is 0 Å². The number of likely N-dealkylation sites (tertiary alicyclic amines) is 1. The molecular formula is C22H22F2N8O2. The standard InChI is InChI=1S/C22H22F2N8O2/c1-13-3-2-7-32-16(13)11-15(29-32)18-17-14(25-12-26-17)4-8-31(18)21-28-27-19(34-21)20(33)30-9-5-22(23,24)6-10-30/h2-3,7,11-12,18H,4-6,8-10H2,1H3,(H,25,26)/t18-/m1/s1. The average Bonchev–Trinajstić information content (AvgIpc) is 3.57. The van der Waals surface area contributed by atoms with E-state index in [1.807, 2.05) is 40.7 Å². The Morgan fingerprint density at radius 1 is 1.24 bits per heavy atom. The third-order valence-corrected chi connectivity index (χ3v) is 6.56. The largest absolute Gasteiger partial charge is 0.399 e. The van der Waals surface area contributed by atoms with Gasteiger partial charge in [0.25, 0.3) is 5.92 Å². The number of aromatic amines is 1. The number of nitrogens with one attached hydrogen (secondary N) is 1. The molecule has 4 aromatic rings. The van der Waals surface area contributed by atoms with Crippen LogP contribution in [0.25, 0.3) is 5.52 Å². The van der Waals surface area contributed by atoms with Crippen molar-refractivity contribution in [3.05, 3.63) is 59.3 Å². The fourth-order valence-corrected chi connectivity index (χ4v) is 4.68. The zero-order chi connectivity index (χ0) is 23.4. The van der Waals surface area contributed by atoms with E-state index in [2.05, 4.69) is 20.2 Å². The van der Waals surface area contributed by atoms with Gasteiger partial charge in [0.05, 0.1) is 23.2 Å². The first-order valence-corrected chi connectivity index (χ1v) is 11.1. The number of piperidine rings is 1. The number of carbonyl (C=O) groups is 1. The van der Waals surface area contributed by atoms with Crippen LogP contribution in [-0.2, 0) is 6.42 Å². The Labute approximate surface area is 192 Å². The maximum atomic E-state index is 13.5. The molecule has 2 aliphatic rings. The van der Waals surface area contributed by atoms with Gasteiger partial charge in [-0.3, -0.25) is 4.79 Å². The minimum Gasteiger partial charge on any atom is -0.399 e. The van der Waals surface area contributed by atoms with Crippen LogP contribution in [-0.4, -0.2) is 66.1 Å². The van der Waals surface area contributed by atoms with Gasteiger partial charge >= 0.3 is 17.8 Å². The lowest BCUT2D eigenvalue weighted by Crippen LogP contribution is -2.42. The first kappa shape index (κ1) is 20.8. The van der Waals surface area contributed by atoms with E-state index in [4.69, 9.17) is 9.52 Å². The number of fused-ring (bicyclic) bond motifs is 2. The van der Waals surface area contributed by atoms with Crippen LogP contribution in [0.2, 0.25) is 0 Å². The number of aryl methyl sites for hydroxylation is 1. The summed E-state index contributed by atoms with van der Waals surface area (Å²) in [5.41, 5.74) is 4.62. The van der Waals surface area contributed by atoms with Gasteiger partial charge in [-0.25, -0.2) is 18.3 Å². The van der Waals surface area contributed by atoms with Crippen LogP contribution in [0.1, 0.15) is 52.2 Å². The van der Waals surface area contributed by atoms with E-state index in [1.54, 1.807) is 6.33 Å². The summed E-state index contributed by atoms with van der Waals surface area (Å²) in [7, 11) is 0. The molecule has 34 heavy (non-hydrogen) atoms. The normalized spacial score (nSPS) is 20.0. The zero-order valence-corrected chi connectivity index (χ0v) is 18.4. The highest BCUT2D eigenvalue weighted by molar-refractivity contribution is 5.89. The highest BCUT2D eigenvalue weighted by Gasteiger charge is 2.39. The smallest absolute Gasteiger partial charge is 0.319 e. The van der Waals surface area contributed by atoms with Crippen LogP contribution in [0, 0.1) is 6.92 Å². The van der Waals surface area contributed by atoms with Gasteiger partial charge in [0.1, 0.15) is 6.04 Å². The quantitative estimate of drug-likeness (QED) is 0.493. The van der Waals surface area contributed by atoms with E-state index in [1.165, 1.54) is 4.90 Å². The molecule has 6 heterocycles. The molecule has 10 nitrogen and oxygen atoms in total. The summed E-state index contributed by atoms with van der Waals surface area (Å²) in [6.07, 6.45) is 3.46. The molecular weight excluding hydrogens is 446 g/mol. The van der Waals surface area contributed by atoms with Crippen molar-refractivity contribution in [1.82, 2.24) is 34.7 Å². The number of hydrogen-bond acceptors (Lipinski definition) is 7. The van der Waals surface area contributed by atoms with Gasteiger partial charge in [0.15, 0.2) is 0 Å². The molecule has 1 amide bonds. The van der Waals surface area contributed by atoms with E-state index < -0.39 is 17.9 Å². The van der Waals surface area contributed by atoms with Gasteiger partial charge in [-0.05, 0) is 24.6 Å². The monoisotopic (exact) mass is 468 g/mol. The second-order valence-corrected chi connectivity index (χ2v) is 8.74. The second kappa shape index (κ2) is 7.61. The molecule has 0 spiro atoms. The molecule has 1 atom stereocenters. The third kappa shape index (κ3) is 3.40. The van der Waals surface area contributed by atoms with Gasteiger partial charge in [-0.15, -0.1) is 5.10 Å². The van der Waals surface area contributed by atoms with Crippen LogP contribution in [0.4, 0.5) is 14.8 Å². The maximum Gasteiger partial charge on any atom is 0.319 e. The van der Waals surface area contributed by atoms with Gasteiger partial charge in [0.2, 0.25) is 0 Å². The number of carbonyl (C=O) groups excluding carboxylic acids is 1. The number of amides is 1. The van der Waals surface area contributed by atoms with Crippen LogP contribution in [0.3, 0.4) is 0 Å². The van der Waals surface area contributed by atoms with Crippen molar-refractivity contribution in [2.45, 2.75) is 38.2 Å². The Morgan fingerprint density at radius 2 is 2.06 bits per heavy atom. The number of hydrogen-bond donors (Lipinski definition) is 1. The van der Waals surface area contributed by atoms with E-state index in [0.717, 1.165) is 28.2 Å². The molecule has 0 radical (unpaired) electrons. The summed E-state index contributed by atoms with van der Waals surface area (Å²) in [5.74, 6) is -3.49. The Bertz CT molecular complexity index is 1370. The van der Waals surface area contributed by atoms with Crippen LogP contribution in [0.5, 0.6) is 0 Å². The number of rotatable bonds is 3. The number of alkyl halides is 2. The number of halogens is 2. The predicted octanol–water partition coefficient (Wildman–Crippen LogP) is 2.77. The summed E-state index contributed by atoms with van der Waals surface area (Å²) in [6, 6.07) is 5.73. The van der Waals surface area contributed by atoms with E-state index >= 15 is 0 Å². The fourth-order valence-electron chi connectivity index (χ4n) is 4.68. The Hall–Kier alpha value is -3.83. The lowest BCUT2D eigenvalue weighted by Gasteiger charge is -2.32. The first-order chi connectivity index (χ1) is 16.4. The fraction of sp³-hybridized carbons (Fsp3) is 0.409. The van der Waals surface area contributed by atoms with Gasteiger partial charge in [-0.2, -0.15) is 5.10 Å². The molecule has 1 N–H and O–H groups in total. The van der Waals surface area contributed by atoms with Crippen molar-refractivity contribution >= 4 is 17.4 Å². The molecule has 0 bridgehead atoms. The summed E-state index contributed by atoms with van der Waals surface area (Å²) in [6.45, 7) is 2.46. The molecule has 0 unspecified atom stereocenters. The summed E-state index contributed by atoms with van der Waals surface area (Å²) in [4.78, 5) is 23.7. The Kier molecular flexibility index (Phi) is 4.64. The summed E-state index contributed by atoms with van der Waals surface area (Å²) in [5, 5.41) is 12.8. The van der Waals surface area contributed by atoms with Gasteiger partial charge in [-0.1, -0.05) is 11.2 Å². The lowest BCUT2D eigenvalue weighted by molar-refractivity contribution is -0.0499. The summed E-state index contributed by atoms with van der Waals surface area (Å²) >= 11 is 0. The Morgan fingerprint density at radius 3 is 2.85 bits per heavy atom. The van der Waals surface area contributed by atoms with Gasteiger partial charge < -0.3 is 19.2 Å². The molecule has 1 fully saturated rings. The molecule has 0 aliphatic carbocycles. The molecule has 1 saturated heterocycles. The molecule has 0 saturated carbocycles. The predicted molar refractivity (Wildman–Crippen MR) is 116 cm³/mol. The van der Waals surface area contributed by atoms with Crippen molar-refractivity contribution < 1.29 is 18.0 Å². The highest BCUT2D eigenvalue weighted by Crippen LogP contribution is 2.36. The maximum absolute atomic E-state index is 13.5. The number of aromatic nitrogens is 6. The molecule has 0 aromatic carbocycles. The highest BCUT2D eigenvalue weighted by atomic mass is 19.3. The molecule has 6 rings (SSSR count). The van der Waals surface area contributed by atoms with E-state index in [9.17, 15) is 13.6 Å². The number of pyridine rings is 1. The van der Waals surface area contributed by atoms with Crippen molar-refractivity contribution in [1.29, 1.82) is 0 Å². The lowest BCUT2D eigenvalue weighted by atomic mass is 10.00. The Balaban J connectivity index is 1.33. The van der Waals surface area contributed by atoms with Crippen LogP contribution < -0.4 is 4.90 Å². The second-order valence-electron chi connectivity index (χ2n) is 8.74. The topological polar surface area (TPSA) is 108 Å². The van der Waals surface area contributed by atoms with Crippen LogP contribution >= 0.6 is 0 Å². The minimum absolute atomic E-state index is 0.0485. The van der Waals surface area contributed by atoms with E-state index in [0.29, 0.717) is 13.0 Å². The van der Waals surface area contributed by atoms with Crippen LogP contribution in [0.15, 0.2) is 35.1 Å². The minimum atomic E-state index is -2.74. The van der Waals surface area contributed by atoms with Crippen molar-refractivity contribution in [2.24, 2.45) is 0 Å². The SMILES string of the molecule is Cc1cccn2nc([C@@H]3c4nc[nH]c4CCN3c3nnc(C(=O)N4CCC(F)(F)CC4)o3)cc12. The molecule has 176 valence electrons. The van der Waals surface area contributed by atoms with Crippen molar-refractivity contribution in [3.8, 4) is 0 Å². The van der Waals surface area contributed by atoms with Crippen molar-refractivity contribution in [2.75, 3.05) is 24.5 Å². The molecule has 4 aromatic heterocycles. The number of anilines is 1. The molecule has 12 heteroatoms. The zero-order valence-electron chi connectivity index (χ0n) is 18.4. The molecule has 2 aliphatic heterocycles. The van der Waals surface area contributed by atoms with E-state index in [-0.39, 0.29) is 37.8 Å². The number of H-pyrrole nitrogens is 1.